The van der Waals surface area contributed by atoms with Crippen molar-refractivity contribution in [2.24, 2.45) is 17.8 Å². The van der Waals surface area contributed by atoms with E-state index in [-0.39, 0.29) is 32.3 Å². The van der Waals surface area contributed by atoms with Gasteiger partial charge in [-0.25, -0.2) is 4.90 Å². The summed E-state index contributed by atoms with van der Waals surface area (Å²) in [5.74, 6) is -3.71. The van der Waals surface area contributed by atoms with Gasteiger partial charge in [-0.15, -0.1) is 0 Å². The Morgan fingerprint density at radius 3 is 1.89 bits per heavy atom. The normalized spacial score (nSPS) is 20.8. The number of anilines is 1. The van der Waals surface area contributed by atoms with Gasteiger partial charge in [-0.05, 0) is 93.4 Å². The van der Waals surface area contributed by atoms with Crippen LogP contribution in [0.15, 0.2) is 137 Å². The van der Waals surface area contributed by atoms with E-state index < -0.39 is 78.2 Å². The highest BCUT2D eigenvalue weighted by molar-refractivity contribution is 6.99. The number of aliphatic hydroxyl groups is 1. The van der Waals surface area contributed by atoms with E-state index in [1.807, 2.05) is 97.1 Å². The average molecular weight is 900 g/mol. The van der Waals surface area contributed by atoms with Gasteiger partial charge in [0, 0.05) is 5.92 Å². The molecule has 0 unspecified atom stereocenters. The Hall–Kier alpha value is -5.54. The van der Waals surface area contributed by atoms with Crippen molar-refractivity contribution in [2.75, 3.05) is 18.1 Å². The monoisotopic (exact) mass is 899 g/mol. The van der Waals surface area contributed by atoms with Crippen LogP contribution in [0.2, 0.25) is 5.04 Å². The molecular formula is C50H47F6NO6Si. The zero-order chi connectivity index (χ0) is 45.6. The van der Waals surface area contributed by atoms with Crippen molar-refractivity contribution in [1.82, 2.24) is 0 Å². The van der Waals surface area contributed by atoms with Crippen LogP contribution in [0, 0.1) is 17.8 Å². The summed E-state index contributed by atoms with van der Waals surface area (Å²) in [6, 6.07) is 33.8. The molecule has 0 bridgehead atoms. The number of halogens is 6. The molecule has 2 aliphatic heterocycles. The molecule has 0 spiro atoms. The number of nitrogens with zero attached hydrogens (tertiary/aromatic N) is 1. The first-order valence-corrected chi connectivity index (χ1v) is 23.0. The van der Waals surface area contributed by atoms with Gasteiger partial charge in [0.1, 0.15) is 18.1 Å². The number of rotatable bonds is 12. The van der Waals surface area contributed by atoms with Gasteiger partial charge in [-0.2, -0.15) is 26.3 Å². The highest BCUT2D eigenvalue weighted by atomic mass is 28.4. The molecule has 3 heterocycles. The minimum Gasteiger partial charge on any atom is -0.459 e. The lowest BCUT2D eigenvalue weighted by Crippen LogP contribution is -2.66. The molecule has 4 atom stereocenters. The van der Waals surface area contributed by atoms with Gasteiger partial charge >= 0.3 is 12.4 Å². The van der Waals surface area contributed by atoms with Crippen molar-refractivity contribution >= 4 is 47.8 Å². The standard InChI is InChI=1S/C50H47F6NO6Si/c1-48(2,3)64(39-15-9-5-10-16-39,40-17-11-6-12-18-40)62-29-33-24-41-45(47(60)57(46(41)59)36-26-34(49(51,52)53)25-35(27-36)50(54,55)56)42-30-61-43(44(33)42)22-19-32(31-13-7-4-8-14-31)23-37-20-21-38(28-58)63-37/h4-18,20-21,23,25-27,41-43,45,58H,19,22,24,28-30H2,1-3H3/b32-23-/t41-,42+,43-,45-/m1/s1. The van der Waals surface area contributed by atoms with Gasteiger partial charge in [0.2, 0.25) is 11.8 Å². The van der Waals surface area contributed by atoms with Crippen molar-refractivity contribution in [3.8, 4) is 0 Å². The lowest BCUT2D eigenvalue weighted by atomic mass is 9.69. The molecule has 5 aromatic rings. The molecule has 14 heteroatoms. The van der Waals surface area contributed by atoms with Crippen molar-refractivity contribution in [2.45, 2.75) is 70.1 Å². The van der Waals surface area contributed by atoms with Gasteiger partial charge in [-0.1, -0.05) is 112 Å². The van der Waals surface area contributed by atoms with Crippen LogP contribution < -0.4 is 15.3 Å². The minimum atomic E-state index is -5.19. The largest absolute Gasteiger partial charge is 0.459 e. The van der Waals surface area contributed by atoms with Crippen LogP contribution >= 0.6 is 0 Å². The van der Waals surface area contributed by atoms with E-state index in [0.29, 0.717) is 47.0 Å². The molecule has 4 aromatic carbocycles. The van der Waals surface area contributed by atoms with Crippen LogP contribution in [0.3, 0.4) is 0 Å². The zero-order valence-electron chi connectivity index (χ0n) is 35.4. The molecule has 64 heavy (non-hydrogen) atoms. The third-order valence-corrected chi connectivity index (χ3v) is 17.7. The van der Waals surface area contributed by atoms with Gasteiger partial charge in [0.15, 0.2) is 0 Å². The first-order chi connectivity index (χ1) is 30.4. The predicted octanol–water partition coefficient (Wildman–Crippen LogP) is 10.2. The summed E-state index contributed by atoms with van der Waals surface area (Å²) >= 11 is 0. The fraction of sp³-hybridized carbons (Fsp3) is 0.320. The Balaban J connectivity index is 1.21. The molecule has 0 saturated carbocycles. The van der Waals surface area contributed by atoms with Crippen molar-refractivity contribution in [1.29, 1.82) is 0 Å². The van der Waals surface area contributed by atoms with Gasteiger partial charge in [-0.3, -0.25) is 9.59 Å². The minimum absolute atomic E-state index is 0.00440. The number of amides is 2. The number of fused-ring (bicyclic) bond motifs is 3. The lowest BCUT2D eigenvalue weighted by molar-refractivity contribution is -0.143. The highest BCUT2D eigenvalue weighted by Gasteiger charge is 2.58. The number of allylic oxidation sites excluding steroid dienone is 1. The van der Waals surface area contributed by atoms with Crippen LogP contribution in [-0.2, 0) is 37.7 Å². The Labute approximate surface area is 368 Å². The van der Waals surface area contributed by atoms with Gasteiger partial charge in [0.25, 0.3) is 8.32 Å². The topological polar surface area (TPSA) is 89.2 Å². The molecule has 0 radical (unpaired) electrons. The summed E-state index contributed by atoms with van der Waals surface area (Å²) < 4.78 is 104. The number of alkyl halides is 6. The van der Waals surface area contributed by atoms with Crippen molar-refractivity contribution in [3.05, 3.63) is 161 Å². The number of hydrogen-bond donors (Lipinski definition) is 1. The maximum absolute atomic E-state index is 14.5. The van der Waals surface area contributed by atoms with Gasteiger partial charge < -0.3 is 18.7 Å². The molecule has 1 aromatic heterocycles. The van der Waals surface area contributed by atoms with Crippen molar-refractivity contribution < 1.29 is 54.6 Å². The molecule has 2 saturated heterocycles. The molecule has 2 fully saturated rings. The molecule has 2 amide bonds. The van der Waals surface area contributed by atoms with E-state index in [1.54, 1.807) is 12.1 Å². The molecule has 1 aliphatic carbocycles. The molecular weight excluding hydrogens is 853 g/mol. The Kier molecular flexibility index (Phi) is 12.3. The second-order valence-electron chi connectivity index (χ2n) is 17.6. The third-order valence-electron chi connectivity index (χ3n) is 12.7. The van der Waals surface area contributed by atoms with Crippen molar-refractivity contribution in [3.63, 3.8) is 0 Å². The summed E-state index contributed by atoms with van der Waals surface area (Å²) in [6.07, 6.45) is -8.21. The second kappa shape index (κ2) is 17.4. The number of hydrogen-bond acceptors (Lipinski definition) is 6. The fourth-order valence-electron chi connectivity index (χ4n) is 9.85. The van der Waals surface area contributed by atoms with Crippen LogP contribution in [0.4, 0.5) is 32.0 Å². The number of aliphatic hydroxyl groups excluding tert-OH is 1. The average Bonchev–Trinajstić information content (AvgIpc) is 3.98. The number of carbonyl (C=O) groups excluding carboxylic acids is 2. The van der Waals surface area contributed by atoms with Crippen LogP contribution in [0.25, 0.3) is 11.6 Å². The highest BCUT2D eigenvalue weighted by Crippen LogP contribution is 2.52. The lowest BCUT2D eigenvalue weighted by Gasteiger charge is -2.44. The number of benzene rings is 4. The number of imide groups is 1. The molecule has 334 valence electrons. The zero-order valence-corrected chi connectivity index (χ0v) is 36.4. The van der Waals surface area contributed by atoms with E-state index >= 15 is 0 Å². The molecule has 7 nitrogen and oxygen atoms in total. The van der Waals surface area contributed by atoms with E-state index in [4.69, 9.17) is 13.6 Å². The first-order valence-electron chi connectivity index (χ1n) is 21.1. The Morgan fingerprint density at radius 1 is 0.781 bits per heavy atom. The summed E-state index contributed by atoms with van der Waals surface area (Å²) in [7, 11) is -3.19. The van der Waals surface area contributed by atoms with Gasteiger partial charge in [0.05, 0.1) is 48.0 Å². The molecule has 8 rings (SSSR count). The van der Waals surface area contributed by atoms with Crippen LogP contribution in [0.1, 0.15) is 68.2 Å². The van der Waals surface area contributed by atoms with Crippen LogP contribution in [0.5, 0.6) is 0 Å². The first kappa shape index (κ1) is 45.0. The maximum Gasteiger partial charge on any atom is 0.416 e. The Morgan fingerprint density at radius 2 is 1.36 bits per heavy atom. The Bertz CT molecular complexity index is 2490. The quantitative estimate of drug-likeness (QED) is 0.0581. The third kappa shape index (κ3) is 8.56. The molecule has 3 aliphatic rings. The summed E-state index contributed by atoms with van der Waals surface area (Å²) in [5, 5.41) is 11.2. The number of furan rings is 1. The maximum atomic E-state index is 14.5. The van der Waals surface area contributed by atoms with E-state index in [9.17, 15) is 41.0 Å². The fourth-order valence-corrected chi connectivity index (χ4v) is 14.4. The second-order valence-corrected chi connectivity index (χ2v) is 21.9. The summed E-state index contributed by atoms with van der Waals surface area (Å²) in [6.45, 7) is 6.13. The predicted molar refractivity (Wildman–Crippen MR) is 233 cm³/mol. The van der Waals surface area contributed by atoms with Crippen LogP contribution in [-0.4, -0.2) is 44.6 Å². The summed E-state index contributed by atoms with van der Waals surface area (Å²) in [5.41, 5.74) is -0.746. The summed E-state index contributed by atoms with van der Waals surface area (Å²) in [4.78, 5) is 29.5. The smallest absolute Gasteiger partial charge is 0.416 e. The van der Waals surface area contributed by atoms with E-state index in [2.05, 4.69) is 20.8 Å². The number of carbonyl (C=O) groups is 2. The van der Waals surface area contributed by atoms with E-state index in [1.165, 1.54) is 0 Å². The van der Waals surface area contributed by atoms with E-state index in [0.717, 1.165) is 27.1 Å². The molecule has 1 N–H and O–H groups in total. The number of ether oxygens (including phenoxy) is 1. The SMILES string of the molecule is CC(C)(C)[Si](OCC1=C2[C@@H](CC/C(=C/c3ccc(CO)o3)c3ccccc3)OC[C@@H]2[C@@H]2C(=O)N(c3cc(C(F)(F)F)cc(C(F)(F)F)c3)C(=O)[C@@H]2C1)(c1ccccc1)c1ccccc1.